The van der Waals surface area contributed by atoms with Gasteiger partial charge in [-0.2, -0.15) is 0 Å². The minimum Gasteiger partial charge on any atom is -0.736 e. The summed E-state index contributed by atoms with van der Waals surface area (Å²) in [6, 6.07) is 17.1. The smallest absolute Gasteiger partial charge is 0.736 e. The van der Waals surface area contributed by atoms with Crippen molar-refractivity contribution in [2.24, 2.45) is 0 Å². The van der Waals surface area contributed by atoms with E-state index >= 15 is 0 Å². The van der Waals surface area contributed by atoms with Gasteiger partial charge in [-0.1, -0.05) is 24.3 Å². The van der Waals surface area contributed by atoms with Crippen molar-refractivity contribution in [1.82, 2.24) is 0 Å². The third kappa shape index (κ3) is 8.14. The van der Waals surface area contributed by atoms with Crippen molar-refractivity contribution in [3.05, 3.63) is 95.1 Å². The summed E-state index contributed by atoms with van der Waals surface area (Å²) in [5.41, 5.74) is 0.380. The molecular weight excluding hydrogens is 630 g/mol. The quantitative estimate of drug-likeness (QED) is 0.111. The molecule has 0 heterocycles. The molecular formula is C32H30NaO12P. The van der Waals surface area contributed by atoms with Gasteiger partial charge in [0.1, 0.15) is 57.1 Å². The predicted octanol–water partition coefficient (Wildman–Crippen LogP) is 2.13. The molecule has 236 valence electrons. The molecule has 0 aromatic heterocycles. The minimum atomic E-state index is -5.07. The standard InChI is InChI=1S/C32H31O12P.Na/c1-37-23-15-25(39-3)29(26(16-23)40-4)31(33)19-9-7-11-21(13-19)43-45(35,36)44-22-12-8-10-20(14-22)32(34)30-27(41-5)17-24(38-2)18-28(30)42-6;/h7-18H,1-6H3,(H,35,36);/q;+1/p-1. The van der Waals surface area contributed by atoms with Gasteiger partial charge in [0, 0.05) is 35.4 Å². The zero-order valence-electron chi connectivity index (χ0n) is 26.3. The summed E-state index contributed by atoms with van der Waals surface area (Å²) in [6.45, 7) is 0. The monoisotopic (exact) mass is 660 g/mol. The molecule has 0 N–H and O–H groups in total. The number of phosphoric acid groups is 1. The number of hydrogen-bond acceptors (Lipinski definition) is 12. The average molecular weight is 661 g/mol. The second-order valence-corrected chi connectivity index (χ2v) is 10.4. The Hall–Kier alpha value is -4.19. The molecule has 0 aliphatic heterocycles. The Labute approximate surface area is 288 Å². The van der Waals surface area contributed by atoms with Crippen molar-refractivity contribution in [1.29, 1.82) is 0 Å². The number of hydrogen-bond donors (Lipinski definition) is 0. The second kappa shape index (κ2) is 15.9. The molecule has 0 amide bonds. The summed E-state index contributed by atoms with van der Waals surface area (Å²) in [4.78, 5) is 39.9. The van der Waals surface area contributed by atoms with Crippen LogP contribution in [0.3, 0.4) is 0 Å². The second-order valence-electron chi connectivity index (χ2n) is 9.16. The first-order chi connectivity index (χ1) is 21.6. The molecule has 0 atom stereocenters. The first-order valence-electron chi connectivity index (χ1n) is 13.2. The van der Waals surface area contributed by atoms with Gasteiger partial charge in [-0.05, 0) is 24.3 Å². The van der Waals surface area contributed by atoms with E-state index in [9.17, 15) is 19.0 Å². The molecule has 0 unspecified atom stereocenters. The fourth-order valence-electron chi connectivity index (χ4n) is 4.41. The Morgan fingerprint density at radius 1 is 0.522 bits per heavy atom. The molecule has 14 heteroatoms. The van der Waals surface area contributed by atoms with Gasteiger partial charge < -0.3 is 42.4 Å². The minimum absolute atomic E-state index is 0. The van der Waals surface area contributed by atoms with Crippen LogP contribution in [0.4, 0.5) is 0 Å². The molecule has 0 saturated carbocycles. The Morgan fingerprint density at radius 3 is 1.13 bits per heavy atom. The summed E-state index contributed by atoms with van der Waals surface area (Å²) < 4.78 is 55.2. The van der Waals surface area contributed by atoms with Crippen molar-refractivity contribution in [3.63, 3.8) is 0 Å². The Morgan fingerprint density at radius 2 is 0.848 bits per heavy atom. The maximum atomic E-state index is 13.5. The van der Waals surface area contributed by atoms with Gasteiger partial charge in [-0.3, -0.25) is 9.59 Å². The Kier molecular flexibility index (Phi) is 12.5. The summed E-state index contributed by atoms with van der Waals surface area (Å²) in [5, 5.41) is 0. The fourth-order valence-corrected chi connectivity index (χ4v) is 5.19. The van der Waals surface area contributed by atoms with Gasteiger partial charge in [-0.15, -0.1) is 0 Å². The van der Waals surface area contributed by atoms with E-state index in [0.29, 0.717) is 11.5 Å². The van der Waals surface area contributed by atoms with E-state index in [0.717, 1.165) is 0 Å². The number of phosphoric ester groups is 1. The van der Waals surface area contributed by atoms with Crippen molar-refractivity contribution in [2.45, 2.75) is 0 Å². The van der Waals surface area contributed by atoms with E-state index < -0.39 is 19.4 Å². The number of ketones is 2. The van der Waals surface area contributed by atoms with Crippen LogP contribution in [-0.2, 0) is 4.57 Å². The van der Waals surface area contributed by atoms with Gasteiger partial charge >= 0.3 is 37.4 Å². The number of methoxy groups -OCH3 is 6. The SMILES string of the molecule is COc1cc(OC)c(C(=O)c2cccc(OP(=O)([O-])Oc3cccc(C(=O)c4c(OC)cc(OC)cc4OC)c3)c2)c(OC)c1.[Na+]. The van der Waals surface area contributed by atoms with E-state index in [2.05, 4.69) is 0 Å². The third-order valence-corrected chi connectivity index (χ3v) is 7.38. The summed E-state index contributed by atoms with van der Waals surface area (Å²) >= 11 is 0. The van der Waals surface area contributed by atoms with Gasteiger partial charge in [0.25, 0.3) is 0 Å². The molecule has 4 aromatic carbocycles. The molecule has 0 spiro atoms. The van der Waals surface area contributed by atoms with Crippen molar-refractivity contribution in [3.8, 4) is 46.0 Å². The average Bonchev–Trinajstić information content (AvgIpc) is 3.05. The van der Waals surface area contributed by atoms with Gasteiger partial charge in [0.15, 0.2) is 0 Å². The van der Waals surface area contributed by atoms with Crippen LogP contribution in [0, 0.1) is 0 Å². The number of benzene rings is 4. The Bertz CT molecular complexity index is 1600. The van der Waals surface area contributed by atoms with Crippen LogP contribution in [0.25, 0.3) is 0 Å². The molecule has 0 fully saturated rings. The zero-order chi connectivity index (χ0) is 32.7. The molecule has 0 aliphatic carbocycles. The normalized spacial score (nSPS) is 10.6. The molecule has 0 saturated heterocycles. The molecule has 4 aromatic rings. The van der Waals surface area contributed by atoms with Crippen LogP contribution in [0.1, 0.15) is 31.8 Å². The molecule has 12 nitrogen and oxygen atoms in total. The summed E-state index contributed by atoms with van der Waals surface area (Å²) in [6.07, 6.45) is 0. The van der Waals surface area contributed by atoms with Crippen LogP contribution in [-0.4, -0.2) is 54.2 Å². The predicted molar refractivity (Wildman–Crippen MR) is 161 cm³/mol. The number of carbonyl (C=O) groups excluding carboxylic acids is 2. The zero-order valence-corrected chi connectivity index (χ0v) is 29.2. The van der Waals surface area contributed by atoms with E-state index in [1.54, 1.807) is 0 Å². The maximum absolute atomic E-state index is 13.5. The summed E-state index contributed by atoms with van der Waals surface area (Å²) in [5.74, 6) is 0.183. The van der Waals surface area contributed by atoms with Crippen molar-refractivity contribution in [2.75, 3.05) is 42.7 Å². The van der Waals surface area contributed by atoms with Gasteiger partial charge in [0.2, 0.25) is 11.6 Å². The van der Waals surface area contributed by atoms with Crippen LogP contribution in [0.2, 0.25) is 0 Å². The summed E-state index contributed by atoms with van der Waals surface area (Å²) in [7, 11) is 3.42. The maximum Gasteiger partial charge on any atom is 1.00 e. The number of rotatable bonds is 14. The van der Waals surface area contributed by atoms with Gasteiger partial charge in [0.05, 0.1) is 42.7 Å². The number of carbonyl (C=O) groups is 2. The molecule has 0 bridgehead atoms. The van der Waals surface area contributed by atoms with E-state index in [4.69, 9.17) is 37.5 Å². The fraction of sp³-hybridized carbons (Fsp3) is 0.188. The third-order valence-electron chi connectivity index (χ3n) is 6.51. The topological polar surface area (TPSA) is 148 Å². The van der Waals surface area contributed by atoms with Crippen LogP contribution in [0.15, 0.2) is 72.8 Å². The largest absolute Gasteiger partial charge is 1.00 e. The number of ether oxygens (including phenoxy) is 6. The van der Waals surface area contributed by atoms with Crippen molar-refractivity contribution >= 4 is 19.4 Å². The van der Waals surface area contributed by atoms with Gasteiger partial charge in [-0.25, -0.2) is 4.57 Å². The Balaban J connectivity index is 0.00000576. The van der Waals surface area contributed by atoms with E-state index in [1.807, 2.05) is 0 Å². The van der Waals surface area contributed by atoms with Crippen molar-refractivity contribution < 1.29 is 86.1 Å². The van der Waals surface area contributed by atoms with E-state index in [1.165, 1.54) is 115 Å². The van der Waals surface area contributed by atoms with E-state index in [-0.39, 0.29) is 86.3 Å². The van der Waals surface area contributed by atoms with Crippen LogP contribution >= 0.6 is 7.82 Å². The first kappa shape index (κ1) is 36.3. The molecule has 4 rings (SSSR count). The molecule has 46 heavy (non-hydrogen) atoms. The van der Waals surface area contributed by atoms with Crippen LogP contribution in [0.5, 0.6) is 46.0 Å². The molecule has 0 radical (unpaired) electrons. The molecule has 0 aliphatic rings. The van der Waals surface area contributed by atoms with Crippen LogP contribution < -0.4 is 71.9 Å². The first-order valence-corrected chi connectivity index (χ1v) is 14.6.